The average molecular weight is 563 g/mol. The topological polar surface area (TPSA) is 43.3 Å². The highest BCUT2D eigenvalue weighted by Crippen LogP contribution is 2.62. The fourth-order valence-corrected chi connectivity index (χ4v) is 9.67. The molecule has 4 aromatic rings. The van der Waals surface area contributed by atoms with Crippen LogP contribution in [0.25, 0.3) is 10.9 Å². The Morgan fingerprint density at radius 1 is 0.881 bits per heavy atom. The van der Waals surface area contributed by atoms with Crippen molar-refractivity contribution in [2.24, 2.45) is 23.2 Å². The number of para-hydroxylation sites is 1. The number of rotatable bonds is 7. The summed E-state index contributed by atoms with van der Waals surface area (Å²) in [4.78, 5) is 13.6. The molecule has 4 saturated carbocycles. The summed E-state index contributed by atoms with van der Waals surface area (Å²) >= 11 is 0. The average Bonchev–Trinajstić information content (AvgIpc) is 3.30. The molecule has 42 heavy (non-hydrogen) atoms. The van der Waals surface area contributed by atoms with E-state index in [2.05, 4.69) is 34.1 Å². The van der Waals surface area contributed by atoms with Gasteiger partial charge in [-0.15, -0.1) is 0 Å². The Kier molecular flexibility index (Phi) is 6.47. The smallest absolute Gasteiger partial charge is 0.323 e. The first-order valence-corrected chi connectivity index (χ1v) is 15.8. The summed E-state index contributed by atoms with van der Waals surface area (Å²) in [6.45, 7) is 0.754. The highest BCUT2D eigenvalue weighted by molar-refractivity contribution is 5.88. The first-order valence-electron chi connectivity index (χ1n) is 15.8. The van der Waals surface area contributed by atoms with Crippen LogP contribution < -0.4 is 5.32 Å². The van der Waals surface area contributed by atoms with E-state index in [9.17, 15) is 4.79 Å². The second-order valence-electron chi connectivity index (χ2n) is 13.7. The van der Waals surface area contributed by atoms with E-state index in [4.69, 9.17) is 4.74 Å². The molecule has 9 rings (SSSR count). The number of esters is 1. The number of nitrogens with zero attached hydrogens (tertiary/aromatic N) is 1. The maximum absolute atomic E-state index is 15.0. The van der Waals surface area contributed by atoms with Crippen LogP contribution in [0.15, 0.2) is 78.9 Å². The van der Waals surface area contributed by atoms with Crippen molar-refractivity contribution in [3.63, 3.8) is 0 Å². The molecule has 4 aliphatic carbocycles. The SMILES string of the molecule is O=C(OCc1ccccc1)[C@@H]1Cc2c(n(Cc3ccccc3F)c3ccccc23)[C@@H](CC23CC4CC(CC(C4)C2)C3)N1. The van der Waals surface area contributed by atoms with Gasteiger partial charge in [-0.3, -0.25) is 10.1 Å². The van der Waals surface area contributed by atoms with E-state index in [1.165, 1.54) is 55.2 Å². The van der Waals surface area contributed by atoms with Crippen LogP contribution in [0.2, 0.25) is 0 Å². The first kappa shape index (κ1) is 26.2. The van der Waals surface area contributed by atoms with Crippen molar-refractivity contribution in [1.29, 1.82) is 0 Å². The normalized spacial score (nSPS) is 29.5. The van der Waals surface area contributed by atoms with Crippen molar-refractivity contribution in [1.82, 2.24) is 9.88 Å². The summed E-state index contributed by atoms with van der Waals surface area (Å²) in [7, 11) is 0. The van der Waals surface area contributed by atoms with Crippen molar-refractivity contribution in [2.75, 3.05) is 0 Å². The molecule has 0 spiro atoms. The predicted octanol–water partition coefficient (Wildman–Crippen LogP) is 7.73. The van der Waals surface area contributed by atoms with Crippen LogP contribution in [-0.4, -0.2) is 16.6 Å². The van der Waals surface area contributed by atoms with E-state index in [0.29, 0.717) is 23.9 Å². The lowest BCUT2D eigenvalue weighted by Gasteiger charge is -2.58. The maximum atomic E-state index is 15.0. The first-order chi connectivity index (χ1) is 20.5. The zero-order chi connectivity index (χ0) is 28.3. The molecule has 4 nitrogen and oxygen atoms in total. The molecule has 2 heterocycles. The van der Waals surface area contributed by atoms with Crippen molar-refractivity contribution in [3.05, 3.63) is 107 Å². The molecule has 1 aliphatic heterocycles. The van der Waals surface area contributed by atoms with Crippen molar-refractivity contribution < 1.29 is 13.9 Å². The Hall–Kier alpha value is -3.44. The summed E-state index contributed by atoms with van der Waals surface area (Å²) in [5.41, 5.74) is 5.58. The molecule has 0 amide bonds. The minimum atomic E-state index is -0.409. The number of carbonyl (C=O) groups excluding carboxylic acids is 1. The molecule has 0 unspecified atom stereocenters. The molecule has 3 aromatic carbocycles. The van der Waals surface area contributed by atoms with Crippen LogP contribution in [0.4, 0.5) is 4.39 Å². The predicted molar refractivity (Wildman–Crippen MR) is 162 cm³/mol. The van der Waals surface area contributed by atoms with Gasteiger partial charge in [0.15, 0.2) is 0 Å². The monoisotopic (exact) mass is 562 g/mol. The third-order valence-corrected chi connectivity index (χ3v) is 10.9. The van der Waals surface area contributed by atoms with Crippen LogP contribution in [-0.2, 0) is 29.1 Å². The molecule has 1 N–H and O–H groups in total. The quantitative estimate of drug-likeness (QED) is 0.234. The lowest BCUT2D eigenvalue weighted by molar-refractivity contribution is -0.148. The summed E-state index contributed by atoms with van der Waals surface area (Å²) in [6, 6.07) is 25.1. The lowest BCUT2D eigenvalue weighted by atomic mass is 9.48. The number of halogens is 1. The summed E-state index contributed by atoms with van der Waals surface area (Å²) in [6.07, 6.45) is 9.75. The molecule has 2 atom stereocenters. The number of aromatic nitrogens is 1. The number of nitrogens with one attached hydrogen (secondary N) is 1. The summed E-state index contributed by atoms with van der Waals surface area (Å²) in [5, 5.41) is 5.00. The second kappa shape index (κ2) is 10.4. The number of benzene rings is 3. The Morgan fingerprint density at radius 3 is 2.29 bits per heavy atom. The van der Waals surface area contributed by atoms with Gasteiger partial charge in [0.2, 0.25) is 0 Å². The van der Waals surface area contributed by atoms with Gasteiger partial charge in [-0.05, 0) is 91.4 Å². The van der Waals surface area contributed by atoms with Gasteiger partial charge in [0.25, 0.3) is 0 Å². The molecule has 1 aromatic heterocycles. The molecule has 0 radical (unpaired) electrons. The minimum Gasteiger partial charge on any atom is -0.460 e. The van der Waals surface area contributed by atoms with E-state index in [1.807, 2.05) is 42.5 Å². The number of fused-ring (bicyclic) bond motifs is 3. The van der Waals surface area contributed by atoms with Crippen molar-refractivity contribution >= 4 is 16.9 Å². The zero-order valence-electron chi connectivity index (χ0n) is 24.1. The van der Waals surface area contributed by atoms with E-state index in [-0.39, 0.29) is 24.4 Å². The van der Waals surface area contributed by atoms with E-state index in [1.54, 1.807) is 12.1 Å². The van der Waals surface area contributed by atoms with Crippen LogP contribution >= 0.6 is 0 Å². The second-order valence-corrected chi connectivity index (χ2v) is 13.7. The Morgan fingerprint density at radius 2 is 1.55 bits per heavy atom. The molecule has 4 fully saturated rings. The Bertz CT molecular complexity index is 1590. The number of carbonyl (C=O) groups is 1. The minimum absolute atomic E-state index is 0.0125. The highest BCUT2D eigenvalue weighted by Gasteiger charge is 2.52. The Labute approximate surface area is 247 Å². The van der Waals surface area contributed by atoms with Gasteiger partial charge in [-0.1, -0.05) is 66.7 Å². The van der Waals surface area contributed by atoms with Gasteiger partial charge in [-0.2, -0.15) is 0 Å². The molecule has 5 aliphatic rings. The standard InChI is InChI=1S/C37H39FN2O2/c38-31-12-6-4-10-28(31)22-40-34-13-7-5-11-29(34)30-17-32(36(41)42-23-24-8-2-1-3-9-24)39-33(35(30)40)21-37-18-25-14-26(19-37)16-27(15-25)20-37/h1-13,25-27,32-33,39H,14-23H2/t25?,26?,27?,32-,33+,37?/m0/s1. The molecular weight excluding hydrogens is 523 g/mol. The fourth-order valence-electron chi connectivity index (χ4n) is 9.67. The molecule has 5 heteroatoms. The fraction of sp³-hybridized carbons (Fsp3) is 0.432. The van der Waals surface area contributed by atoms with Gasteiger partial charge < -0.3 is 9.30 Å². The van der Waals surface area contributed by atoms with Gasteiger partial charge >= 0.3 is 5.97 Å². The third kappa shape index (κ3) is 4.66. The zero-order valence-corrected chi connectivity index (χ0v) is 24.1. The van der Waals surface area contributed by atoms with Crippen LogP contribution in [0.3, 0.4) is 0 Å². The number of hydrogen-bond acceptors (Lipinski definition) is 3. The largest absolute Gasteiger partial charge is 0.460 e. The van der Waals surface area contributed by atoms with E-state index < -0.39 is 6.04 Å². The van der Waals surface area contributed by atoms with Crippen molar-refractivity contribution in [3.8, 4) is 0 Å². The highest BCUT2D eigenvalue weighted by atomic mass is 19.1. The summed E-state index contributed by atoms with van der Waals surface area (Å²) < 4.78 is 23.2. The van der Waals surface area contributed by atoms with Gasteiger partial charge in [-0.25, -0.2) is 4.39 Å². The van der Waals surface area contributed by atoms with Gasteiger partial charge in [0, 0.05) is 34.6 Å². The van der Waals surface area contributed by atoms with Crippen molar-refractivity contribution in [2.45, 2.75) is 76.6 Å². The van der Waals surface area contributed by atoms with E-state index in [0.717, 1.165) is 35.3 Å². The maximum Gasteiger partial charge on any atom is 0.323 e. The lowest BCUT2D eigenvalue weighted by Crippen LogP contribution is -2.51. The molecule has 216 valence electrons. The summed E-state index contributed by atoms with van der Waals surface area (Å²) in [5.74, 6) is 2.21. The van der Waals surface area contributed by atoms with Crippen LogP contribution in [0.5, 0.6) is 0 Å². The number of ether oxygens (including phenoxy) is 1. The molecular formula is C37H39FN2O2. The third-order valence-electron chi connectivity index (χ3n) is 10.9. The van der Waals surface area contributed by atoms with E-state index >= 15 is 4.39 Å². The molecule has 4 bridgehead atoms. The molecule has 0 saturated heterocycles. The van der Waals surface area contributed by atoms with Crippen LogP contribution in [0.1, 0.15) is 73.4 Å². The Balaban J connectivity index is 1.18. The number of hydrogen-bond donors (Lipinski definition) is 1. The van der Waals surface area contributed by atoms with Crippen LogP contribution in [0, 0.1) is 29.0 Å². The van der Waals surface area contributed by atoms with Gasteiger partial charge in [0.1, 0.15) is 18.5 Å². The van der Waals surface area contributed by atoms with Gasteiger partial charge in [0.05, 0.1) is 6.54 Å².